The molecular formula is C22H20N4OS. The van der Waals surface area contributed by atoms with Gasteiger partial charge in [0.05, 0.1) is 11.4 Å². The summed E-state index contributed by atoms with van der Waals surface area (Å²) in [5, 5.41) is 10.2. The van der Waals surface area contributed by atoms with E-state index in [1.54, 1.807) is 10.7 Å². The normalized spacial score (nSPS) is 10.8. The summed E-state index contributed by atoms with van der Waals surface area (Å²) in [5.41, 5.74) is 5.63. The van der Waals surface area contributed by atoms with Crippen LogP contribution in [0.15, 0.2) is 60.0 Å². The number of aryl methyl sites for hydroxylation is 3. The number of hydrogen-bond donors (Lipinski definition) is 1. The van der Waals surface area contributed by atoms with Gasteiger partial charge in [-0.1, -0.05) is 47.5 Å². The molecule has 4 rings (SSSR count). The molecule has 0 atom stereocenters. The Morgan fingerprint density at radius 3 is 2.54 bits per heavy atom. The van der Waals surface area contributed by atoms with E-state index in [-0.39, 0.29) is 5.91 Å². The molecule has 4 aromatic rings. The number of nitrogens with one attached hydrogen (secondary N) is 1. The molecule has 0 saturated heterocycles. The summed E-state index contributed by atoms with van der Waals surface area (Å²) in [5.74, 6) is 0.439. The minimum absolute atomic E-state index is 0.167. The molecule has 2 heterocycles. The number of thiazole rings is 1. The Hall–Kier alpha value is -3.25. The Morgan fingerprint density at radius 2 is 1.79 bits per heavy atom. The Bertz CT molecular complexity index is 1140. The highest BCUT2D eigenvalue weighted by atomic mass is 32.1. The zero-order valence-corrected chi connectivity index (χ0v) is 16.7. The van der Waals surface area contributed by atoms with Crippen molar-refractivity contribution in [2.45, 2.75) is 20.8 Å². The van der Waals surface area contributed by atoms with Crippen molar-refractivity contribution in [2.75, 3.05) is 5.32 Å². The molecule has 5 nitrogen and oxygen atoms in total. The van der Waals surface area contributed by atoms with Crippen LogP contribution in [-0.2, 0) is 0 Å². The topological polar surface area (TPSA) is 59.8 Å². The van der Waals surface area contributed by atoms with Gasteiger partial charge in [0.1, 0.15) is 5.82 Å². The second-order valence-electron chi connectivity index (χ2n) is 6.79. The van der Waals surface area contributed by atoms with Crippen LogP contribution in [0.4, 0.5) is 5.82 Å². The molecule has 2 aromatic carbocycles. The third kappa shape index (κ3) is 3.73. The monoisotopic (exact) mass is 388 g/mol. The Labute approximate surface area is 167 Å². The molecular weight excluding hydrogens is 368 g/mol. The van der Waals surface area contributed by atoms with Gasteiger partial charge < -0.3 is 5.32 Å². The van der Waals surface area contributed by atoms with Crippen LogP contribution in [0.25, 0.3) is 16.4 Å². The number of carbonyl (C=O) groups is 1. The number of benzene rings is 2. The highest BCUT2D eigenvalue weighted by molar-refractivity contribution is 7.12. The first-order valence-electron chi connectivity index (χ1n) is 8.97. The van der Waals surface area contributed by atoms with Gasteiger partial charge in [-0.15, -0.1) is 11.3 Å². The van der Waals surface area contributed by atoms with Crippen molar-refractivity contribution in [3.63, 3.8) is 0 Å². The predicted octanol–water partition coefficient (Wildman–Crippen LogP) is 5.17. The largest absolute Gasteiger partial charge is 0.306 e. The summed E-state index contributed by atoms with van der Waals surface area (Å²) in [4.78, 5) is 17.4. The summed E-state index contributed by atoms with van der Waals surface area (Å²) >= 11 is 1.49. The summed E-state index contributed by atoms with van der Waals surface area (Å²) in [6.45, 7) is 5.92. The lowest BCUT2D eigenvalue weighted by molar-refractivity contribution is 0.102. The van der Waals surface area contributed by atoms with Crippen molar-refractivity contribution in [3.05, 3.63) is 82.4 Å². The number of anilines is 1. The summed E-state index contributed by atoms with van der Waals surface area (Å²) < 4.78 is 1.69. The Kier molecular flexibility index (Phi) is 4.79. The van der Waals surface area contributed by atoms with Crippen molar-refractivity contribution in [1.82, 2.24) is 14.8 Å². The fraction of sp³-hybridized carbons (Fsp3) is 0.136. The third-order valence-electron chi connectivity index (χ3n) is 4.37. The molecule has 6 heteroatoms. The minimum atomic E-state index is -0.167. The van der Waals surface area contributed by atoms with E-state index >= 15 is 0 Å². The van der Waals surface area contributed by atoms with Gasteiger partial charge in [-0.3, -0.25) is 4.79 Å². The second-order valence-corrected chi connectivity index (χ2v) is 7.62. The maximum absolute atomic E-state index is 12.6. The number of nitrogens with zero attached hydrogens (tertiary/aromatic N) is 3. The highest BCUT2D eigenvalue weighted by Gasteiger charge is 2.15. The number of hydrogen-bond acceptors (Lipinski definition) is 4. The van der Waals surface area contributed by atoms with E-state index in [1.165, 1.54) is 16.9 Å². The van der Waals surface area contributed by atoms with Gasteiger partial charge in [0, 0.05) is 22.6 Å². The van der Waals surface area contributed by atoms with Crippen LogP contribution in [0.2, 0.25) is 0 Å². The molecule has 0 spiro atoms. The van der Waals surface area contributed by atoms with Gasteiger partial charge in [-0.2, -0.15) is 9.78 Å². The molecule has 0 unspecified atom stereocenters. The van der Waals surface area contributed by atoms with E-state index in [0.29, 0.717) is 16.5 Å². The number of rotatable bonds is 4. The van der Waals surface area contributed by atoms with Crippen molar-refractivity contribution in [3.8, 4) is 16.4 Å². The van der Waals surface area contributed by atoms with Crippen LogP contribution >= 0.6 is 11.3 Å². The first-order valence-corrected chi connectivity index (χ1v) is 9.85. The SMILES string of the molecule is Cc1ccc(-c2csc(-n3nc(C)cc3NC(=O)c3cccc(C)c3)n2)cc1. The van der Waals surface area contributed by atoms with Gasteiger partial charge in [0.25, 0.3) is 5.91 Å². The van der Waals surface area contributed by atoms with E-state index in [2.05, 4.69) is 41.6 Å². The standard InChI is InChI=1S/C22H20N4OS/c1-14-7-9-17(10-8-14)19-13-28-22(23-19)26-20(12-16(3)25-26)24-21(27)18-6-4-5-15(2)11-18/h4-13H,1-3H3,(H,24,27). The van der Waals surface area contributed by atoms with E-state index in [9.17, 15) is 4.79 Å². The average molecular weight is 388 g/mol. The van der Waals surface area contributed by atoms with Crippen LogP contribution in [0.3, 0.4) is 0 Å². The van der Waals surface area contributed by atoms with E-state index < -0.39 is 0 Å². The fourth-order valence-corrected chi connectivity index (χ4v) is 3.72. The zero-order valence-electron chi connectivity index (χ0n) is 15.9. The van der Waals surface area contributed by atoms with Crippen LogP contribution in [0, 0.1) is 20.8 Å². The average Bonchev–Trinajstić information content (AvgIpc) is 3.29. The van der Waals surface area contributed by atoms with Crippen LogP contribution in [0.1, 0.15) is 27.2 Å². The lowest BCUT2D eigenvalue weighted by atomic mass is 10.1. The lowest BCUT2D eigenvalue weighted by Gasteiger charge is -2.07. The van der Waals surface area contributed by atoms with Crippen LogP contribution in [0.5, 0.6) is 0 Å². The molecule has 0 aliphatic rings. The quantitative estimate of drug-likeness (QED) is 0.524. The number of carbonyl (C=O) groups excluding carboxylic acids is 1. The van der Waals surface area contributed by atoms with Crippen molar-refractivity contribution < 1.29 is 4.79 Å². The van der Waals surface area contributed by atoms with Crippen molar-refractivity contribution >= 4 is 23.1 Å². The van der Waals surface area contributed by atoms with Crippen LogP contribution in [-0.4, -0.2) is 20.7 Å². The molecule has 0 bridgehead atoms. The first-order chi connectivity index (χ1) is 13.5. The molecule has 2 aromatic heterocycles. The molecule has 28 heavy (non-hydrogen) atoms. The summed E-state index contributed by atoms with van der Waals surface area (Å²) in [6, 6.07) is 17.6. The van der Waals surface area contributed by atoms with Crippen molar-refractivity contribution in [2.24, 2.45) is 0 Å². The summed E-state index contributed by atoms with van der Waals surface area (Å²) in [6.07, 6.45) is 0. The van der Waals surface area contributed by atoms with E-state index in [1.807, 2.05) is 43.5 Å². The molecule has 140 valence electrons. The molecule has 0 aliphatic carbocycles. The maximum Gasteiger partial charge on any atom is 0.256 e. The molecule has 1 amide bonds. The first kappa shape index (κ1) is 18.1. The fourth-order valence-electron chi connectivity index (χ4n) is 2.93. The Morgan fingerprint density at radius 1 is 1.00 bits per heavy atom. The van der Waals surface area contributed by atoms with E-state index in [0.717, 1.165) is 22.5 Å². The van der Waals surface area contributed by atoms with Crippen molar-refractivity contribution in [1.29, 1.82) is 0 Å². The molecule has 0 fully saturated rings. The second kappa shape index (κ2) is 7.40. The van der Waals surface area contributed by atoms with Gasteiger partial charge in [-0.05, 0) is 32.9 Å². The molecule has 0 aliphatic heterocycles. The van der Waals surface area contributed by atoms with Crippen LogP contribution < -0.4 is 5.32 Å². The third-order valence-corrected chi connectivity index (χ3v) is 5.19. The predicted molar refractivity (Wildman–Crippen MR) is 113 cm³/mol. The minimum Gasteiger partial charge on any atom is -0.306 e. The van der Waals surface area contributed by atoms with Gasteiger partial charge in [-0.25, -0.2) is 4.98 Å². The van der Waals surface area contributed by atoms with Gasteiger partial charge in [0.15, 0.2) is 0 Å². The lowest BCUT2D eigenvalue weighted by Crippen LogP contribution is -2.15. The van der Waals surface area contributed by atoms with Gasteiger partial charge >= 0.3 is 0 Å². The highest BCUT2D eigenvalue weighted by Crippen LogP contribution is 2.26. The Balaban J connectivity index is 1.63. The van der Waals surface area contributed by atoms with Gasteiger partial charge in [0.2, 0.25) is 5.13 Å². The smallest absolute Gasteiger partial charge is 0.256 e. The molecule has 0 saturated carbocycles. The number of amides is 1. The molecule has 0 radical (unpaired) electrons. The number of aromatic nitrogens is 3. The maximum atomic E-state index is 12.6. The summed E-state index contributed by atoms with van der Waals surface area (Å²) in [7, 11) is 0. The molecule has 1 N–H and O–H groups in total. The zero-order chi connectivity index (χ0) is 19.7. The van der Waals surface area contributed by atoms with E-state index in [4.69, 9.17) is 4.98 Å².